The molecule has 1 aliphatic heterocycles. The summed E-state index contributed by atoms with van der Waals surface area (Å²) in [6, 6.07) is 10.3. The van der Waals surface area contributed by atoms with Gasteiger partial charge < -0.3 is 10.0 Å². The van der Waals surface area contributed by atoms with Crippen LogP contribution in [-0.4, -0.2) is 35.1 Å². The Morgan fingerprint density at radius 1 is 1.32 bits per heavy atom. The average molecular weight is 261 g/mol. The van der Waals surface area contributed by atoms with Gasteiger partial charge in [0, 0.05) is 19.5 Å². The van der Waals surface area contributed by atoms with E-state index in [0.717, 1.165) is 19.3 Å². The number of likely N-dealkylation sites (tertiary alicyclic amines) is 1. The Morgan fingerprint density at radius 2 is 1.95 bits per heavy atom. The van der Waals surface area contributed by atoms with Gasteiger partial charge in [-0.15, -0.1) is 0 Å². The summed E-state index contributed by atoms with van der Waals surface area (Å²) in [6.45, 7) is 3.59. The predicted octanol–water partition coefficient (Wildman–Crippen LogP) is 2.55. The lowest BCUT2D eigenvalue weighted by Crippen LogP contribution is -2.40. The van der Waals surface area contributed by atoms with Gasteiger partial charge in [0.2, 0.25) is 5.91 Å². The molecule has 0 saturated carbocycles. The summed E-state index contributed by atoms with van der Waals surface area (Å²) in [5.74, 6) is 0.648. The van der Waals surface area contributed by atoms with Crippen LogP contribution in [0.2, 0.25) is 0 Å². The number of piperidine rings is 1. The van der Waals surface area contributed by atoms with Crippen LogP contribution in [0.5, 0.6) is 0 Å². The van der Waals surface area contributed by atoms with Gasteiger partial charge >= 0.3 is 0 Å². The van der Waals surface area contributed by atoms with E-state index >= 15 is 0 Å². The van der Waals surface area contributed by atoms with Gasteiger partial charge in [0.1, 0.15) is 0 Å². The lowest BCUT2D eigenvalue weighted by atomic mass is 9.96. The molecule has 0 aromatic heterocycles. The first-order valence-electron chi connectivity index (χ1n) is 7.17. The third-order valence-corrected chi connectivity index (χ3v) is 3.98. The van der Waals surface area contributed by atoms with Gasteiger partial charge in [0.25, 0.3) is 0 Å². The zero-order chi connectivity index (χ0) is 13.7. The number of nitrogens with zero attached hydrogens (tertiary/aromatic N) is 1. The first-order chi connectivity index (χ1) is 9.16. The average Bonchev–Trinajstić information content (AvgIpc) is 2.46. The fourth-order valence-electron chi connectivity index (χ4n) is 2.56. The number of benzene rings is 1. The number of amides is 1. The minimum atomic E-state index is -0.215. The third-order valence-electron chi connectivity index (χ3n) is 3.98. The summed E-state index contributed by atoms with van der Waals surface area (Å²) in [5.41, 5.74) is 1.30. The van der Waals surface area contributed by atoms with E-state index < -0.39 is 0 Å². The van der Waals surface area contributed by atoms with Gasteiger partial charge in [-0.2, -0.15) is 0 Å². The molecular formula is C16H23NO2. The summed E-state index contributed by atoms with van der Waals surface area (Å²) < 4.78 is 0. The van der Waals surface area contributed by atoms with Crippen LogP contribution in [0.15, 0.2) is 30.3 Å². The standard InChI is InChI=1S/C16H23NO2/c1-13(14-5-3-2-4-6-14)7-8-16(19)17-11-9-15(18)10-12-17/h2-6,13,15,18H,7-12H2,1H3. The van der Waals surface area contributed by atoms with E-state index in [-0.39, 0.29) is 12.0 Å². The van der Waals surface area contributed by atoms with E-state index in [2.05, 4.69) is 19.1 Å². The molecule has 1 aromatic carbocycles. The first kappa shape index (κ1) is 14.1. The second-order valence-electron chi connectivity index (χ2n) is 5.46. The molecule has 0 spiro atoms. The van der Waals surface area contributed by atoms with Crippen LogP contribution in [0, 0.1) is 0 Å². The van der Waals surface area contributed by atoms with Gasteiger partial charge in [-0.25, -0.2) is 0 Å². The lowest BCUT2D eigenvalue weighted by Gasteiger charge is -2.30. The quantitative estimate of drug-likeness (QED) is 0.905. The maximum absolute atomic E-state index is 12.1. The van der Waals surface area contributed by atoms with Gasteiger partial charge in [-0.1, -0.05) is 37.3 Å². The smallest absolute Gasteiger partial charge is 0.222 e. The summed E-state index contributed by atoms with van der Waals surface area (Å²) in [4.78, 5) is 14.0. The van der Waals surface area contributed by atoms with Gasteiger partial charge in [0.05, 0.1) is 6.10 Å². The molecule has 1 heterocycles. The maximum atomic E-state index is 12.1. The van der Waals surface area contributed by atoms with Crippen molar-refractivity contribution in [2.24, 2.45) is 0 Å². The molecule has 1 atom stereocenters. The normalized spacial score (nSPS) is 18.3. The number of hydrogen-bond acceptors (Lipinski definition) is 2. The topological polar surface area (TPSA) is 40.5 Å². The third kappa shape index (κ3) is 4.06. The van der Waals surface area contributed by atoms with Crippen molar-refractivity contribution in [3.63, 3.8) is 0 Å². The van der Waals surface area contributed by atoms with Crippen molar-refractivity contribution in [3.05, 3.63) is 35.9 Å². The van der Waals surface area contributed by atoms with E-state index in [4.69, 9.17) is 0 Å². The Hall–Kier alpha value is -1.35. The summed E-state index contributed by atoms with van der Waals surface area (Å²) in [5, 5.41) is 9.44. The van der Waals surface area contributed by atoms with Crippen molar-refractivity contribution in [1.82, 2.24) is 4.90 Å². The molecule has 104 valence electrons. The molecule has 0 aliphatic carbocycles. The van der Waals surface area contributed by atoms with Crippen LogP contribution in [0.4, 0.5) is 0 Å². The molecule has 1 saturated heterocycles. The minimum absolute atomic E-state index is 0.215. The molecule has 1 N–H and O–H groups in total. The van der Waals surface area contributed by atoms with Crippen molar-refractivity contribution in [2.45, 2.75) is 44.6 Å². The molecule has 2 rings (SSSR count). The monoisotopic (exact) mass is 261 g/mol. The number of carbonyl (C=O) groups excluding carboxylic acids is 1. The van der Waals surface area contributed by atoms with Crippen molar-refractivity contribution >= 4 is 5.91 Å². The van der Waals surface area contributed by atoms with Crippen LogP contribution >= 0.6 is 0 Å². The molecule has 1 amide bonds. The van der Waals surface area contributed by atoms with Crippen molar-refractivity contribution in [1.29, 1.82) is 0 Å². The van der Waals surface area contributed by atoms with E-state index in [0.29, 0.717) is 25.4 Å². The number of rotatable bonds is 4. The van der Waals surface area contributed by atoms with Crippen LogP contribution in [0.25, 0.3) is 0 Å². The fraction of sp³-hybridized carbons (Fsp3) is 0.562. The Balaban J connectivity index is 1.77. The highest BCUT2D eigenvalue weighted by molar-refractivity contribution is 5.76. The number of hydrogen-bond donors (Lipinski definition) is 1. The molecule has 0 bridgehead atoms. The molecule has 1 aromatic rings. The number of aliphatic hydroxyl groups excluding tert-OH is 1. The van der Waals surface area contributed by atoms with Gasteiger partial charge in [0.15, 0.2) is 0 Å². The second kappa shape index (κ2) is 6.71. The predicted molar refractivity (Wildman–Crippen MR) is 75.9 cm³/mol. The van der Waals surface area contributed by atoms with Crippen LogP contribution in [0.3, 0.4) is 0 Å². The van der Waals surface area contributed by atoms with Crippen molar-refractivity contribution < 1.29 is 9.90 Å². The zero-order valence-corrected chi connectivity index (χ0v) is 11.6. The van der Waals surface area contributed by atoms with Crippen molar-refractivity contribution in [3.8, 4) is 0 Å². The highest BCUT2D eigenvalue weighted by atomic mass is 16.3. The SMILES string of the molecule is CC(CCC(=O)N1CCC(O)CC1)c1ccccc1. The van der Waals surface area contributed by atoms with Gasteiger partial charge in [-0.3, -0.25) is 4.79 Å². The second-order valence-corrected chi connectivity index (χ2v) is 5.46. The van der Waals surface area contributed by atoms with E-state index in [1.165, 1.54) is 5.56 Å². The highest BCUT2D eigenvalue weighted by Crippen LogP contribution is 2.21. The molecule has 1 fully saturated rings. The molecule has 19 heavy (non-hydrogen) atoms. The molecule has 1 unspecified atom stereocenters. The minimum Gasteiger partial charge on any atom is -0.393 e. The van der Waals surface area contributed by atoms with E-state index in [1.807, 2.05) is 23.1 Å². The Labute approximate surface area is 115 Å². The molecule has 0 radical (unpaired) electrons. The molecule has 1 aliphatic rings. The Bertz CT molecular complexity index is 396. The van der Waals surface area contributed by atoms with Crippen LogP contribution in [0.1, 0.15) is 44.1 Å². The zero-order valence-electron chi connectivity index (χ0n) is 11.6. The first-order valence-corrected chi connectivity index (χ1v) is 7.17. The molecule has 3 heteroatoms. The Morgan fingerprint density at radius 3 is 2.58 bits per heavy atom. The Kier molecular flexibility index (Phi) is 4.97. The van der Waals surface area contributed by atoms with E-state index in [9.17, 15) is 9.90 Å². The molecule has 3 nitrogen and oxygen atoms in total. The van der Waals surface area contributed by atoms with Crippen molar-refractivity contribution in [2.75, 3.05) is 13.1 Å². The number of carbonyl (C=O) groups is 1. The molecular weight excluding hydrogens is 238 g/mol. The fourth-order valence-corrected chi connectivity index (χ4v) is 2.56. The van der Waals surface area contributed by atoms with Crippen LogP contribution < -0.4 is 0 Å². The van der Waals surface area contributed by atoms with Gasteiger partial charge in [-0.05, 0) is 30.7 Å². The summed E-state index contributed by atoms with van der Waals surface area (Å²) in [7, 11) is 0. The highest BCUT2D eigenvalue weighted by Gasteiger charge is 2.21. The largest absolute Gasteiger partial charge is 0.393 e. The number of aliphatic hydroxyl groups is 1. The maximum Gasteiger partial charge on any atom is 0.222 e. The van der Waals surface area contributed by atoms with Crippen LogP contribution in [-0.2, 0) is 4.79 Å². The summed E-state index contributed by atoms with van der Waals surface area (Å²) >= 11 is 0. The summed E-state index contributed by atoms with van der Waals surface area (Å²) in [6.07, 6.45) is 2.72. The van der Waals surface area contributed by atoms with E-state index in [1.54, 1.807) is 0 Å². The lowest BCUT2D eigenvalue weighted by molar-refractivity contribution is -0.133.